The van der Waals surface area contributed by atoms with Crippen LogP contribution in [-0.2, 0) is 16.2 Å². The molecule has 2 amide bonds. The van der Waals surface area contributed by atoms with Gasteiger partial charge in [-0.25, -0.2) is 5.48 Å². The summed E-state index contributed by atoms with van der Waals surface area (Å²) in [5.41, 5.74) is 3.50. The fourth-order valence-electron chi connectivity index (χ4n) is 1.71. The maximum Gasteiger partial charge on any atom is 0.262 e. The Morgan fingerprint density at radius 2 is 1.74 bits per heavy atom. The van der Waals surface area contributed by atoms with Crippen molar-refractivity contribution < 1.29 is 14.4 Å². The number of nitrogens with one attached hydrogen (secondary N) is 2. The fraction of sp³-hybridized carbons (Fsp3) is 0.125. The Labute approximate surface area is 143 Å². The van der Waals surface area contributed by atoms with Crippen molar-refractivity contribution in [3.8, 4) is 0 Å². The summed E-state index contributed by atoms with van der Waals surface area (Å²) in [7, 11) is 0. The number of carbonyl (C=O) groups excluding carboxylic acids is 2. The molecule has 0 aliphatic heterocycles. The molecule has 0 spiro atoms. The van der Waals surface area contributed by atoms with Gasteiger partial charge in [-0.05, 0) is 23.8 Å². The lowest BCUT2D eigenvalue weighted by molar-refractivity contribution is -0.133. The molecule has 0 radical (unpaired) electrons. The molecule has 2 aromatic carbocycles. The van der Waals surface area contributed by atoms with E-state index < -0.39 is 11.8 Å². The minimum absolute atomic E-state index is 0.214. The number of halogens is 2. The van der Waals surface area contributed by atoms with Crippen molar-refractivity contribution in [2.75, 3.05) is 6.54 Å². The highest BCUT2D eigenvalue weighted by atomic mass is 35.5. The zero-order valence-corrected chi connectivity index (χ0v) is 13.5. The summed E-state index contributed by atoms with van der Waals surface area (Å²) in [6.45, 7) is 0.0290. The molecule has 0 aliphatic rings. The van der Waals surface area contributed by atoms with Gasteiger partial charge in [-0.3, -0.25) is 14.4 Å². The third-order valence-corrected chi connectivity index (χ3v) is 3.60. The Morgan fingerprint density at radius 3 is 2.43 bits per heavy atom. The van der Waals surface area contributed by atoms with E-state index in [1.54, 1.807) is 0 Å². The van der Waals surface area contributed by atoms with Gasteiger partial charge in [0.25, 0.3) is 11.8 Å². The van der Waals surface area contributed by atoms with Gasteiger partial charge in [0.1, 0.15) is 0 Å². The van der Waals surface area contributed by atoms with Crippen LogP contribution in [0.2, 0.25) is 10.0 Å². The smallest absolute Gasteiger partial charge is 0.262 e. The second-order valence-corrected chi connectivity index (χ2v) is 5.43. The highest BCUT2D eigenvalue weighted by molar-refractivity contribution is 6.42. The lowest BCUT2D eigenvalue weighted by Crippen LogP contribution is -2.36. The molecule has 0 saturated carbocycles. The van der Waals surface area contributed by atoms with Crippen LogP contribution in [0.15, 0.2) is 48.5 Å². The minimum atomic E-state index is -0.464. The summed E-state index contributed by atoms with van der Waals surface area (Å²) in [4.78, 5) is 28.5. The highest BCUT2D eigenvalue weighted by Crippen LogP contribution is 2.22. The van der Waals surface area contributed by atoms with E-state index in [1.165, 1.54) is 18.2 Å². The molecule has 2 rings (SSSR count). The molecule has 5 nitrogen and oxygen atoms in total. The van der Waals surface area contributed by atoms with E-state index in [1.807, 2.05) is 30.3 Å². The first-order valence-electron chi connectivity index (χ1n) is 6.74. The summed E-state index contributed by atoms with van der Waals surface area (Å²) in [6, 6.07) is 13.9. The summed E-state index contributed by atoms with van der Waals surface area (Å²) < 4.78 is 0. The molecule has 0 saturated heterocycles. The molecule has 7 heteroatoms. The van der Waals surface area contributed by atoms with Crippen LogP contribution in [0.25, 0.3) is 0 Å². The van der Waals surface area contributed by atoms with E-state index in [0.717, 1.165) is 5.56 Å². The first kappa shape index (κ1) is 17.3. The van der Waals surface area contributed by atoms with Gasteiger partial charge in [-0.1, -0.05) is 53.5 Å². The van der Waals surface area contributed by atoms with Crippen LogP contribution in [0.3, 0.4) is 0 Å². The van der Waals surface area contributed by atoms with Gasteiger partial charge in [0.2, 0.25) is 0 Å². The third-order valence-electron chi connectivity index (χ3n) is 2.86. The summed E-state index contributed by atoms with van der Waals surface area (Å²) in [6.07, 6.45) is 0. The number of rotatable bonds is 6. The molecule has 0 aromatic heterocycles. The second-order valence-electron chi connectivity index (χ2n) is 4.61. The molecule has 120 valence electrons. The van der Waals surface area contributed by atoms with Gasteiger partial charge in [0.15, 0.2) is 0 Å². The fourth-order valence-corrected chi connectivity index (χ4v) is 2.01. The molecule has 23 heavy (non-hydrogen) atoms. The Kier molecular flexibility index (Phi) is 6.40. The Hall–Kier alpha value is -2.08. The molecule has 2 N–H and O–H groups in total. The predicted molar refractivity (Wildman–Crippen MR) is 88.2 cm³/mol. The number of benzene rings is 2. The van der Waals surface area contributed by atoms with Crippen LogP contribution in [0, 0.1) is 0 Å². The van der Waals surface area contributed by atoms with Gasteiger partial charge >= 0.3 is 0 Å². The third kappa shape index (κ3) is 5.56. The first-order chi connectivity index (χ1) is 11.1. The van der Waals surface area contributed by atoms with Crippen LogP contribution in [0.1, 0.15) is 15.9 Å². The monoisotopic (exact) mass is 352 g/mol. The van der Waals surface area contributed by atoms with Crippen molar-refractivity contribution in [3.63, 3.8) is 0 Å². The average Bonchev–Trinajstić information content (AvgIpc) is 2.56. The number of amides is 2. The van der Waals surface area contributed by atoms with Crippen LogP contribution < -0.4 is 10.8 Å². The molecule has 0 bridgehead atoms. The molecular weight excluding hydrogens is 339 g/mol. The van der Waals surface area contributed by atoms with Crippen molar-refractivity contribution in [3.05, 3.63) is 69.7 Å². The quantitative estimate of drug-likeness (QED) is 0.785. The van der Waals surface area contributed by atoms with E-state index in [-0.39, 0.29) is 18.2 Å². The molecule has 0 unspecified atom stereocenters. The van der Waals surface area contributed by atoms with Crippen molar-refractivity contribution in [1.29, 1.82) is 0 Å². The lowest BCUT2D eigenvalue weighted by atomic mass is 10.2. The zero-order valence-electron chi connectivity index (χ0n) is 12.0. The Morgan fingerprint density at radius 1 is 1.00 bits per heavy atom. The lowest BCUT2D eigenvalue weighted by Gasteiger charge is -2.08. The highest BCUT2D eigenvalue weighted by Gasteiger charge is 2.10. The standard InChI is InChI=1S/C16H14Cl2N2O3/c17-13-7-6-12(8-14(13)18)16(22)19-9-15(21)20-23-10-11-4-2-1-3-5-11/h1-8H,9-10H2,(H,19,22)(H,20,21). The van der Waals surface area contributed by atoms with Gasteiger partial charge in [0.05, 0.1) is 23.2 Å². The van der Waals surface area contributed by atoms with E-state index in [0.29, 0.717) is 10.6 Å². The van der Waals surface area contributed by atoms with Gasteiger partial charge in [-0.2, -0.15) is 0 Å². The van der Waals surface area contributed by atoms with Crippen molar-refractivity contribution in [2.45, 2.75) is 6.61 Å². The number of hydrogen-bond acceptors (Lipinski definition) is 3. The largest absolute Gasteiger partial charge is 0.343 e. The molecule has 0 fully saturated rings. The van der Waals surface area contributed by atoms with Gasteiger partial charge in [0, 0.05) is 5.56 Å². The number of hydroxylamine groups is 1. The first-order valence-corrected chi connectivity index (χ1v) is 7.49. The van der Waals surface area contributed by atoms with E-state index >= 15 is 0 Å². The Balaban J connectivity index is 1.73. The molecule has 0 heterocycles. The second kappa shape index (κ2) is 8.53. The predicted octanol–water partition coefficient (Wildman–Crippen LogP) is 2.97. The van der Waals surface area contributed by atoms with Crippen molar-refractivity contribution in [1.82, 2.24) is 10.8 Å². The topological polar surface area (TPSA) is 67.4 Å². The Bertz CT molecular complexity index is 693. The SMILES string of the molecule is O=C(CNC(=O)c1ccc(Cl)c(Cl)c1)NOCc1ccccc1. The van der Waals surface area contributed by atoms with Crippen LogP contribution in [0.4, 0.5) is 0 Å². The van der Waals surface area contributed by atoms with Crippen LogP contribution in [0.5, 0.6) is 0 Å². The number of hydrogen-bond donors (Lipinski definition) is 2. The summed E-state index contributed by atoms with van der Waals surface area (Å²) in [5.74, 6) is -0.892. The average molecular weight is 353 g/mol. The van der Waals surface area contributed by atoms with Crippen molar-refractivity contribution >= 4 is 35.0 Å². The van der Waals surface area contributed by atoms with E-state index in [4.69, 9.17) is 28.0 Å². The van der Waals surface area contributed by atoms with Crippen molar-refractivity contribution in [2.24, 2.45) is 0 Å². The summed E-state index contributed by atoms with van der Waals surface area (Å²) in [5, 5.41) is 3.09. The van der Waals surface area contributed by atoms with Gasteiger partial charge in [-0.15, -0.1) is 0 Å². The zero-order chi connectivity index (χ0) is 16.7. The van der Waals surface area contributed by atoms with Crippen LogP contribution >= 0.6 is 23.2 Å². The maximum atomic E-state index is 11.9. The molecular formula is C16H14Cl2N2O3. The minimum Gasteiger partial charge on any atom is -0.343 e. The molecule has 0 atom stereocenters. The van der Waals surface area contributed by atoms with E-state index in [9.17, 15) is 9.59 Å². The van der Waals surface area contributed by atoms with Crippen LogP contribution in [-0.4, -0.2) is 18.4 Å². The maximum absolute atomic E-state index is 11.9. The molecule has 0 aliphatic carbocycles. The van der Waals surface area contributed by atoms with Gasteiger partial charge < -0.3 is 5.32 Å². The number of carbonyl (C=O) groups is 2. The summed E-state index contributed by atoms with van der Waals surface area (Å²) >= 11 is 11.6. The normalized spacial score (nSPS) is 10.2. The van der Waals surface area contributed by atoms with E-state index in [2.05, 4.69) is 10.8 Å². The molecule has 2 aromatic rings.